The zero-order valence-electron chi connectivity index (χ0n) is 12.3. The van der Waals surface area contributed by atoms with Gasteiger partial charge in [-0.1, -0.05) is 0 Å². The summed E-state index contributed by atoms with van der Waals surface area (Å²) < 4.78 is 2.43. The maximum absolute atomic E-state index is 12.4. The van der Waals surface area contributed by atoms with Gasteiger partial charge in [0, 0.05) is 36.0 Å². The van der Waals surface area contributed by atoms with E-state index in [9.17, 15) is 14.9 Å². The molecular weight excluding hydrogens is 413 g/mol. The maximum atomic E-state index is 12.4. The van der Waals surface area contributed by atoms with Gasteiger partial charge in [-0.2, -0.15) is 5.10 Å². The van der Waals surface area contributed by atoms with E-state index in [1.807, 2.05) is 22.6 Å². The van der Waals surface area contributed by atoms with Gasteiger partial charge in [-0.15, -0.1) is 0 Å². The van der Waals surface area contributed by atoms with Crippen LogP contribution in [0.2, 0.25) is 0 Å². The SMILES string of the molecule is Cn1cc(N2CCN(c3ccc(I)cc3[N+](=O)[O-])CC2=O)cn1. The first kappa shape index (κ1) is 15.7. The van der Waals surface area contributed by atoms with E-state index in [4.69, 9.17) is 0 Å². The third-order valence-corrected chi connectivity index (χ3v) is 4.37. The Labute approximate surface area is 146 Å². The van der Waals surface area contributed by atoms with Crippen molar-refractivity contribution in [3.8, 4) is 0 Å². The molecule has 0 bridgehead atoms. The Morgan fingerprint density at radius 1 is 1.35 bits per heavy atom. The average molecular weight is 427 g/mol. The first-order valence-corrected chi connectivity index (χ1v) is 8.01. The molecule has 2 heterocycles. The third kappa shape index (κ3) is 3.14. The molecule has 0 spiro atoms. The number of nitro groups is 1. The highest BCUT2D eigenvalue weighted by Gasteiger charge is 2.29. The van der Waals surface area contributed by atoms with Gasteiger partial charge in [0.05, 0.1) is 23.4 Å². The topological polar surface area (TPSA) is 84.5 Å². The van der Waals surface area contributed by atoms with Crippen LogP contribution in [0.4, 0.5) is 17.1 Å². The predicted molar refractivity (Wildman–Crippen MR) is 93.6 cm³/mol. The van der Waals surface area contributed by atoms with Crippen molar-refractivity contribution in [3.63, 3.8) is 0 Å². The lowest BCUT2D eigenvalue weighted by Gasteiger charge is -2.34. The fourth-order valence-corrected chi connectivity index (χ4v) is 3.08. The van der Waals surface area contributed by atoms with Crippen molar-refractivity contribution in [1.29, 1.82) is 0 Å². The van der Waals surface area contributed by atoms with Crippen LogP contribution >= 0.6 is 22.6 Å². The van der Waals surface area contributed by atoms with E-state index in [0.29, 0.717) is 18.8 Å². The molecule has 1 fully saturated rings. The van der Waals surface area contributed by atoms with Crippen LogP contribution in [0.25, 0.3) is 0 Å². The van der Waals surface area contributed by atoms with Crippen LogP contribution in [0.15, 0.2) is 30.6 Å². The van der Waals surface area contributed by atoms with E-state index in [1.165, 1.54) is 6.07 Å². The Hall–Kier alpha value is -2.17. The van der Waals surface area contributed by atoms with E-state index in [-0.39, 0.29) is 18.1 Å². The monoisotopic (exact) mass is 427 g/mol. The Morgan fingerprint density at radius 2 is 2.13 bits per heavy atom. The molecule has 0 unspecified atom stereocenters. The molecule has 1 aliphatic heterocycles. The van der Waals surface area contributed by atoms with Crippen LogP contribution < -0.4 is 9.80 Å². The zero-order chi connectivity index (χ0) is 16.6. The molecule has 9 heteroatoms. The second-order valence-corrected chi connectivity index (χ2v) is 6.47. The number of nitrogens with zero attached hydrogens (tertiary/aromatic N) is 5. The number of rotatable bonds is 3. The number of aromatic nitrogens is 2. The zero-order valence-corrected chi connectivity index (χ0v) is 14.5. The van der Waals surface area contributed by atoms with Gasteiger partial charge < -0.3 is 9.80 Å². The van der Waals surface area contributed by atoms with Gasteiger partial charge in [-0.25, -0.2) is 0 Å². The van der Waals surface area contributed by atoms with Crippen molar-refractivity contribution >= 4 is 45.6 Å². The van der Waals surface area contributed by atoms with Gasteiger partial charge >= 0.3 is 0 Å². The van der Waals surface area contributed by atoms with Crippen LogP contribution in [-0.4, -0.2) is 40.2 Å². The molecule has 1 aliphatic rings. The fourth-order valence-electron chi connectivity index (χ4n) is 2.61. The van der Waals surface area contributed by atoms with Crippen molar-refractivity contribution in [2.45, 2.75) is 0 Å². The summed E-state index contributed by atoms with van der Waals surface area (Å²) in [7, 11) is 1.79. The molecule has 3 rings (SSSR count). The standard InChI is InChI=1S/C14H14IN5O3/c1-17-8-11(7-16-17)19-5-4-18(9-14(19)21)12-3-2-10(15)6-13(12)20(22)23/h2-3,6-8H,4-5,9H2,1H3. The number of carbonyl (C=O) groups is 1. The van der Waals surface area contributed by atoms with Gasteiger partial charge in [0.1, 0.15) is 5.69 Å². The molecule has 1 amide bonds. The van der Waals surface area contributed by atoms with Gasteiger partial charge in [0.2, 0.25) is 5.91 Å². The molecule has 8 nitrogen and oxygen atoms in total. The minimum atomic E-state index is -0.407. The molecule has 1 aromatic carbocycles. The lowest BCUT2D eigenvalue weighted by Crippen LogP contribution is -2.50. The molecular formula is C14H14IN5O3. The van der Waals surface area contributed by atoms with Crippen molar-refractivity contribution in [2.75, 3.05) is 29.4 Å². The van der Waals surface area contributed by atoms with Crippen LogP contribution in [0.3, 0.4) is 0 Å². The summed E-state index contributed by atoms with van der Waals surface area (Å²) >= 11 is 2.04. The van der Waals surface area contributed by atoms with E-state index >= 15 is 0 Å². The first-order valence-electron chi connectivity index (χ1n) is 6.93. The lowest BCUT2D eigenvalue weighted by molar-refractivity contribution is -0.384. The van der Waals surface area contributed by atoms with E-state index < -0.39 is 4.92 Å². The summed E-state index contributed by atoms with van der Waals surface area (Å²) in [5, 5.41) is 15.3. The van der Waals surface area contributed by atoms with Crippen LogP contribution in [0.1, 0.15) is 0 Å². The summed E-state index contributed by atoms with van der Waals surface area (Å²) in [5.74, 6) is -0.0999. The number of anilines is 2. The number of amides is 1. The number of carbonyl (C=O) groups excluding carboxylic acids is 1. The van der Waals surface area contributed by atoms with Gasteiger partial charge in [-0.05, 0) is 34.7 Å². The number of hydrogen-bond acceptors (Lipinski definition) is 5. The van der Waals surface area contributed by atoms with Crippen LogP contribution in [-0.2, 0) is 11.8 Å². The molecule has 0 aliphatic carbocycles. The Kier molecular flexibility index (Phi) is 4.20. The van der Waals surface area contributed by atoms with Crippen molar-refractivity contribution in [3.05, 3.63) is 44.3 Å². The molecule has 0 saturated carbocycles. The minimum absolute atomic E-state index is 0.0273. The van der Waals surface area contributed by atoms with Crippen LogP contribution in [0, 0.1) is 13.7 Å². The summed E-state index contributed by atoms with van der Waals surface area (Å²) in [6.07, 6.45) is 3.42. The molecule has 120 valence electrons. The number of aryl methyl sites for hydroxylation is 1. The number of nitro benzene ring substituents is 1. The summed E-state index contributed by atoms with van der Waals surface area (Å²) in [6.45, 7) is 1.10. The highest BCUT2D eigenvalue weighted by Crippen LogP contribution is 2.31. The number of hydrogen-bond donors (Lipinski definition) is 0. The molecule has 1 saturated heterocycles. The Bertz CT molecular complexity index is 776. The third-order valence-electron chi connectivity index (χ3n) is 3.70. The van der Waals surface area contributed by atoms with Crippen molar-refractivity contribution < 1.29 is 9.72 Å². The molecule has 0 N–H and O–H groups in total. The van der Waals surface area contributed by atoms with E-state index in [1.54, 1.807) is 46.1 Å². The second-order valence-electron chi connectivity index (χ2n) is 5.23. The minimum Gasteiger partial charge on any atom is -0.355 e. The normalized spacial score (nSPS) is 15.1. The largest absolute Gasteiger partial charge is 0.355 e. The molecule has 23 heavy (non-hydrogen) atoms. The smallest absolute Gasteiger partial charge is 0.293 e. The molecule has 1 aromatic heterocycles. The molecule has 2 aromatic rings. The second kappa shape index (κ2) is 6.14. The fraction of sp³-hybridized carbons (Fsp3) is 0.286. The van der Waals surface area contributed by atoms with Gasteiger partial charge in [-0.3, -0.25) is 19.6 Å². The summed E-state index contributed by atoms with van der Waals surface area (Å²) in [4.78, 5) is 26.7. The van der Waals surface area contributed by atoms with Crippen molar-refractivity contribution in [1.82, 2.24) is 9.78 Å². The Balaban J connectivity index is 1.83. The van der Waals surface area contributed by atoms with Crippen molar-refractivity contribution in [2.24, 2.45) is 7.05 Å². The van der Waals surface area contributed by atoms with Gasteiger partial charge in [0.15, 0.2) is 0 Å². The van der Waals surface area contributed by atoms with E-state index in [0.717, 1.165) is 9.26 Å². The number of piperazine rings is 1. The van der Waals surface area contributed by atoms with E-state index in [2.05, 4.69) is 5.10 Å². The Morgan fingerprint density at radius 3 is 2.74 bits per heavy atom. The molecule has 0 radical (unpaired) electrons. The van der Waals surface area contributed by atoms with Crippen LogP contribution in [0.5, 0.6) is 0 Å². The highest BCUT2D eigenvalue weighted by atomic mass is 127. The highest BCUT2D eigenvalue weighted by molar-refractivity contribution is 14.1. The number of benzene rings is 1. The average Bonchev–Trinajstić information content (AvgIpc) is 2.93. The maximum Gasteiger partial charge on any atom is 0.293 e. The number of halogens is 1. The summed E-state index contributed by atoms with van der Waals surface area (Å²) in [5.41, 5.74) is 1.25. The first-order chi connectivity index (χ1) is 11.0. The molecule has 0 atom stereocenters. The quantitative estimate of drug-likeness (QED) is 0.424. The lowest BCUT2D eigenvalue weighted by atomic mass is 10.2. The predicted octanol–water partition coefficient (Wildman–Crippen LogP) is 1.79. The van der Waals surface area contributed by atoms with Gasteiger partial charge in [0.25, 0.3) is 5.69 Å². The summed E-state index contributed by atoms with van der Waals surface area (Å²) in [6, 6.07) is 5.03.